The van der Waals surface area contributed by atoms with Crippen LogP contribution in [-0.2, 0) is 14.4 Å². The van der Waals surface area contributed by atoms with Crippen LogP contribution < -0.4 is 0 Å². The monoisotopic (exact) mass is 481 g/mol. The first-order valence-electron chi connectivity index (χ1n) is 10.8. The first-order chi connectivity index (χ1) is 15.2. The van der Waals surface area contributed by atoms with E-state index in [-0.39, 0.29) is 42.7 Å². The zero-order valence-corrected chi connectivity index (χ0v) is 19.7. The van der Waals surface area contributed by atoms with E-state index in [0.29, 0.717) is 42.8 Å². The second-order valence-corrected chi connectivity index (χ2v) is 9.56. The van der Waals surface area contributed by atoms with Crippen LogP contribution in [0, 0.1) is 5.41 Å². The van der Waals surface area contributed by atoms with Crippen molar-refractivity contribution in [1.29, 1.82) is 0 Å². The van der Waals surface area contributed by atoms with Crippen LogP contribution in [0.5, 0.6) is 0 Å². The Balaban J connectivity index is 1.53. The minimum absolute atomic E-state index is 0.0236. The van der Waals surface area contributed by atoms with E-state index in [9.17, 15) is 19.5 Å². The number of carbonyl (C=O) groups excluding carboxylic acids is 3. The second kappa shape index (κ2) is 10.7. The summed E-state index contributed by atoms with van der Waals surface area (Å²) in [7, 11) is 0. The van der Waals surface area contributed by atoms with Gasteiger partial charge >= 0.3 is 0 Å². The van der Waals surface area contributed by atoms with Crippen molar-refractivity contribution < 1.29 is 19.5 Å². The second-order valence-electron chi connectivity index (χ2n) is 8.75. The van der Waals surface area contributed by atoms with E-state index in [2.05, 4.69) is 0 Å². The molecule has 1 N–H and O–H groups in total. The minimum Gasteiger partial charge on any atom is -0.396 e. The van der Waals surface area contributed by atoms with Crippen LogP contribution in [0.4, 0.5) is 0 Å². The molecule has 174 valence electrons. The summed E-state index contributed by atoms with van der Waals surface area (Å²) in [6, 6.07) is 5.11. The number of aliphatic hydroxyl groups is 1. The number of hydrogen-bond acceptors (Lipinski definition) is 4. The summed E-state index contributed by atoms with van der Waals surface area (Å²) in [4.78, 5) is 42.8. The fourth-order valence-electron chi connectivity index (χ4n) is 3.86. The number of nitrogens with zero attached hydrogens (tertiary/aromatic N) is 3. The lowest BCUT2D eigenvalue weighted by molar-refractivity contribution is -0.141. The molecule has 2 aliphatic heterocycles. The van der Waals surface area contributed by atoms with Crippen molar-refractivity contribution in [3.05, 3.63) is 39.9 Å². The Kier molecular flexibility index (Phi) is 8.20. The van der Waals surface area contributed by atoms with E-state index >= 15 is 0 Å². The molecule has 3 amide bonds. The van der Waals surface area contributed by atoms with E-state index in [1.165, 1.54) is 11.0 Å². The fraction of sp³-hybridized carbons (Fsp3) is 0.522. The Morgan fingerprint density at radius 2 is 1.78 bits per heavy atom. The Morgan fingerprint density at radius 3 is 2.44 bits per heavy atom. The van der Waals surface area contributed by atoms with E-state index in [4.69, 9.17) is 23.2 Å². The van der Waals surface area contributed by atoms with Gasteiger partial charge in [0.25, 0.3) is 0 Å². The van der Waals surface area contributed by atoms with Crippen LogP contribution in [0.25, 0.3) is 6.08 Å². The predicted molar refractivity (Wildman–Crippen MR) is 124 cm³/mol. The smallest absolute Gasteiger partial charge is 0.246 e. The number of benzene rings is 1. The predicted octanol–water partition coefficient (Wildman–Crippen LogP) is 2.69. The highest BCUT2D eigenvalue weighted by Gasteiger charge is 2.32. The number of halogens is 2. The summed E-state index contributed by atoms with van der Waals surface area (Å²) in [6.07, 6.45) is 4.79. The topological polar surface area (TPSA) is 81.2 Å². The van der Waals surface area contributed by atoms with Gasteiger partial charge in [0.05, 0.1) is 16.6 Å². The Labute approximate surface area is 198 Å². The maximum Gasteiger partial charge on any atom is 0.246 e. The molecule has 2 aliphatic rings. The zero-order chi connectivity index (χ0) is 23.3. The molecule has 0 saturated carbocycles. The molecule has 3 rings (SSSR count). The van der Waals surface area contributed by atoms with Crippen molar-refractivity contribution in [2.45, 2.75) is 26.2 Å². The number of carbonyl (C=O) groups is 3. The highest BCUT2D eigenvalue weighted by Crippen LogP contribution is 2.30. The number of rotatable bonds is 5. The quantitative estimate of drug-likeness (QED) is 0.655. The highest BCUT2D eigenvalue weighted by molar-refractivity contribution is 6.42. The van der Waals surface area contributed by atoms with E-state index in [1.54, 1.807) is 34.1 Å². The maximum atomic E-state index is 12.7. The molecule has 7 nitrogen and oxygen atoms in total. The average molecular weight is 482 g/mol. The maximum absolute atomic E-state index is 12.7. The lowest BCUT2D eigenvalue weighted by Crippen LogP contribution is -2.48. The lowest BCUT2D eigenvalue weighted by atomic mass is 9.81. The first-order valence-corrected chi connectivity index (χ1v) is 11.5. The first kappa shape index (κ1) is 24.6. The molecule has 2 saturated heterocycles. The molecule has 2 fully saturated rings. The fourth-order valence-corrected chi connectivity index (χ4v) is 4.17. The third-order valence-corrected chi connectivity index (χ3v) is 7.03. The number of amides is 3. The van der Waals surface area contributed by atoms with Crippen LogP contribution in [0.1, 0.15) is 31.7 Å². The molecule has 1 aromatic rings. The van der Waals surface area contributed by atoms with Crippen LogP contribution in [0.2, 0.25) is 10.0 Å². The summed E-state index contributed by atoms with van der Waals surface area (Å²) < 4.78 is 0. The van der Waals surface area contributed by atoms with Crippen molar-refractivity contribution >= 4 is 47.0 Å². The molecule has 0 unspecified atom stereocenters. The van der Waals surface area contributed by atoms with Gasteiger partial charge in [-0.05, 0) is 42.0 Å². The molecule has 0 radical (unpaired) electrons. The normalized spacial score (nSPS) is 19.4. The lowest BCUT2D eigenvalue weighted by Gasteiger charge is -2.38. The van der Waals surface area contributed by atoms with Crippen molar-refractivity contribution in [3.8, 4) is 0 Å². The molecule has 1 aromatic carbocycles. The van der Waals surface area contributed by atoms with Gasteiger partial charge in [0.2, 0.25) is 17.7 Å². The van der Waals surface area contributed by atoms with Crippen molar-refractivity contribution in [2.75, 3.05) is 45.9 Å². The Morgan fingerprint density at radius 1 is 1.06 bits per heavy atom. The van der Waals surface area contributed by atoms with Crippen LogP contribution >= 0.6 is 23.2 Å². The number of hydrogen-bond donors (Lipinski definition) is 1. The minimum atomic E-state index is -0.198. The molecule has 0 aliphatic carbocycles. The van der Waals surface area contributed by atoms with Crippen molar-refractivity contribution in [2.24, 2.45) is 5.41 Å². The Bertz CT molecular complexity index is 897. The largest absolute Gasteiger partial charge is 0.396 e. The Hall–Kier alpha value is -2.09. The molecule has 0 aromatic heterocycles. The zero-order valence-electron chi connectivity index (χ0n) is 18.2. The van der Waals surface area contributed by atoms with Gasteiger partial charge < -0.3 is 19.8 Å². The summed E-state index contributed by atoms with van der Waals surface area (Å²) in [5.74, 6) is -0.409. The van der Waals surface area contributed by atoms with Gasteiger partial charge in [-0.3, -0.25) is 14.4 Å². The van der Waals surface area contributed by atoms with Gasteiger partial charge in [0.1, 0.15) is 0 Å². The van der Waals surface area contributed by atoms with E-state index in [0.717, 1.165) is 18.4 Å². The number of piperidine rings is 1. The van der Waals surface area contributed by atoms with Crippen molar-refractivity contribution in [1.82, 2.24) is 14.7 Å². The number of likely N-dealkylation sites (tertiary alicyclic amines) is 1. The third kappa shape index (κ3) is 6.24. The molecule has 0 bridgehead atoms. The molecule has 0 spiro atoms. The van der Waals surface area contributed by atoms with Crippen LogP contribution in [0.3, 0.4) is 0 Å². The van der Waals surface area contributed by atoms with Gasteiger partial charge in [-0.1, -0.05) is 36.2 Å². The van der Waals surface area contributed by atoms with Crippen LogP contribution in [0.15, 0.2) is 24.3 Å². The molecule has 32 heavy (non-hydrogen) atoms. The molecule has 0 atom stereocenters. The summed E-state index contributed by atoms with van der Waals surface area (Å²) in [5, 5.41) is 10.4. The molecular formula is C23H29Cl2N3O4. The van der Waals surface area contributed by atoms with Crippen molar-refractivity contribution in [3.63, 3.8) is 0 Å². The number of aliphatic hydroxyl groups excluding tert-OH is 1. The molecule has 2 heterocycles. The van der Waals surface area contributed by atoms with Gasteiger partial charge in [0, 0.05) is 51.8 Å². The van der Waals surface area contributed by atoms with E-state index < -0.39 is 0 Å². The average Bonchev–Trinajstić information content (AvgIpc) is 2.96. The van der Waals surface area contributed by atoms with Gasteiger partial charge in [-0.15, -0.1) is 0 Å². The van der Waals surface area contributed by atoms with E-state index in [1.807, 2.05) is 6.92 Å². The van der Waals surface area contributed by atoms with Crippen LogP contribution in [-0.4, -0.2) is 83.4 Å². The molecule has 9 heteroatoms. The van der Waals surface area contributed by atoms with Gasteiger partial charge in [-0.25, -0.2) is 0 Å². The van der Waals surface area contributed by atoms with Gasteiger partial charge in [-0.2, -0.15) is 0 Å². The molecular weight excluding hydrogens is 453 g/mol. The SMILES string of the molecule is CC1(CO)CCN(C(=O)CN2CCN(C(=O)/C=C/c3ccc(Cl)c(Cl)c3)CCC2=O)CC1. The third-order valence-electron chi connectivity index (χ3n) is 6.29. The summed E-state index contributed by atoms with van der Waals surface area (Å²) in [6.45, 7) is 4.33. The highest BCUT2D eigenvalue weighted by atomic mass is 35.5. The summed E-state index contributed by atoms with van der Waals surface area (Å²) in [5.41, 5.74) is 0.616. The summed E-state index contributed by atoms with van der Waals surface area (Å²) >= 11 is 11.9. The standard InChI is InChI=1S/C23H29Cl2N3O4/c1-23(16-29)7-10-27(11-8-23)22(32)15-28-13-12-26(9-6-21(28)31)20(30)5-3-17-2-4-18(24)19(25)14-17/h2-5,14,29H,6-13,15-16H2,1H3/b5-3+. The van der Waals surface area contributed by atoms with Gasteiger partial charge in [0.15, 0.2) is 0 Å².